The molecule has 0 bridgehead atoms. The van der Waals surface area contributed by atoms with Crippen LogP contribution in [0.4, 0.5) is 0 Å². The van der Waals surface area contributed by atoms with Crippen LogP contribution < -0.4 is 0 Å². The highest BCUT2D eigenvalue weighted by Crippen LogP contribution is 2.19. The van der Waals surface area contributed by atoms with Gasteiger partial charge in [0.2, 0.25) is 0 Å². The second-order valence-electron chi connectivity index (χ2n) is 3.24. The summed E-state index contributed by atoms with van der Waals surface area (Å²) in [6.07, 6.45) is -6.01. The maximum Gasteiger partial charge on any atom is 0.108 e. The molecule has 4 atom stereocenters. The summed E-state index contributed by atoms with van der Waals surface area (Å²) in [4.78, 5) is 0. The summed E-state index contributed by atoms with van der Waals surface area (Å²) in [5.41, 5.74) is 0. The predicted octanol–water partition coefficient (Wildman–Crippen LogP) is -2.42. The molecule has 0 aromatic rings. The normalized spacial score (nSPS) is 50.2. The molecule has 5 heteroatoms. The SMILES string of the molecule is OC1CC(O)C(O)C(O)C(O)C1. The number of rotatable bonds is 0. The van der Waals surface area contributed by atoms with E-state index < -0.39 is 30.5 Å². The zero-order valence-corrected chi connectivity index (χ0v) is 6.54. The van der Waals surface area contributed by atoms with Crippen LogP contribution in [0.25, 0.3) is 0 Å². The van der Waals surface area contributed by atoms with Crippen LogP contribution in [0.3, 0.4) is 0 Å². The number of aliphatic hydroxyl groups excluding tert-OH is 5. The first kappa shape index (κ1) is 9.88. The van der Waals surface area contributed by atoms with E-state index in [4.69, 9.17) is 25.5 Å². The molecule has 0 radical (unpaired) electrons. The molecule has 0 aromatic carbocycles. The van der Waals surface area contributed by atoms with Crippen LogP contribution in [0.15, 0.2) is 0 Å². The zero-order chi connectivity index (χ0) is 9.30. The van der Waals surface area contributed by atoms with Crippen molar-refractivity contribution in [2.45, 2.75) is 43.4 Å². The Morgan fingerprint density at radius 2 is 1.00 bits per heavy atom. The second-order valence-corrected chi connectivity index (χ2v) is 3.24. The largest absolute Gasteiger partial charge is 0.393 e. The Balaban J connectivity index is 2.66. The number of aliphatic hydroxyl groups is 5. The van der Waals surface area contributed by atoms with Gasteiger partial charge in [-0.2, -0.15) is 0 Å². The molecule has 5 N–H and O–H groups in total. The molecular weight excluding hydrogens is 164 g/mol. The van der Waals surface area contributed by atoms with Crippen LogP contribution >= 0.6 is 0 Å². The minimum absolute atomic E-state index is 0.0186. The van der Waals surface area contributed by atoms with Crippen molar-refractivity contribution in [3.05, 3.63) is 0 Å². The highest BCUT2D eigenvalue weighted by Gasteiger charge is 2.36. The summed E-state index contributed by atoms with van der Waals surface area (Å²) in [5, 5.41) is 45.7. The zero-order valence-electron chi connectivity index (χ0n) is 6.54. The van der Waals surface area contributed by atoms with E-state index in [9.17, 15) is 0 Å². The van der Waals surface area contributed by atoms with Crippen molar-refractivity contribution in [3.63, 3.8) is 0 Å². The van der Waals surface area contributed by atoms with Crippen molar-refractivity contribution in [3.8, 4) is 0 Å². The molecular formula is C7H14O5. The highest BCUT2D eigenvalue weighted by atomic mass is 16.4. The molecule has 1 aliphatic carbocycles. The van der Waals surface area contributed by atoms with Gasteiger partial charge in [-0.05, 0) is 0 Å². The van der Waals surface area contributed by atoms with E-state index in [0.29, 0.717) is 0 Å². The van der Waals surface area contributed by atoms with Gasteiger partial charge >= 0.3 is 0 Å². The summed E-state index contributed by atoms with van der Waals surface area (Å²) in [6, 6.07) is 0. The Morgan fingerprint density at radius 3 is 1.33 bits per heavy atom. The quantitative estimate of drug-likeness (QED) is 0.266. The predicted molar refractivity (Wildman–Crippen MR) is 39.3 cm³/mol. The minimum Gasteiger partial charge on any atom is -0.393 e. The Kier molecular flexibility index (Phi) is 3.03. The lowest BCUT2D eigenvalue weighted by Gasteiger charge is -2.21. The number of hydrogen-bond acceptors (Lipinski definition) is 5. The third-order valence-corrected chi connectivity index (χ3v) is 2.17. The molecule has 12 heavy (non-hydrogen) atoms. The highest BCUT2D eigenvalue weighted by molar-refractivity contribution is 4.87. The molecule has 0 saturated heterocycles. The fourth-order valence-electron chi connectivity index (χ4n) is 1.39. The van der Waals surface area contributed by atoms with Gasteiger partial charge in [0.1, 0.15) is 12.2 Å². The molecule has 72 valence electrons. The van der Waals surface area contributed by atoms with Gasteiger partial charge < -0.3 is 25.5 Å². The maximum atomic E-state index is 9.14. The van der Waals surface area contributed by atoms with Crippen LogP contribution in [0.2, 0.25) is 0 Å². The molecule has 5 nitrogen and oxygen atoms in total. The van der Waals surface area contributed by atoms with E-state index in [1.54, 1.807) is 0 Å². The first-order valence-electron chi connectivity index (χ1n) is 3.92. The molecule has 0 aliphatic heterocycles. The van der Waals surface area contributed by atoms with Crippen molar-refractivity contribution in [2.24, 2.45) is 0 Å². The molecule has 0 spiro atoms. The van der Waals surface area contributed by atoms with Gasteiger partial charge in [-0.25, -0.2) is 0 Å². The van der Waals surface area contributed by atoms with Crippen LogP contribution in [-0.2, 0) is 0 Å². The Morgan fingerprint density at radius 1 is 0.667 bits per heavy atom. The lowest BCUT2D eigenvalue weighted by Crippen LogP contribution is -2.41. The summed E-state index contributed by atoms with van der Waals surface area (Å²) in [7, 11) is 0. The number of hydrogen-bond donors (Lipinski definition) is 5. The van der Waals surface area contributed by atoms with Gasteiger partial charge in [0.05, 0.1) is 18.3 Å². The summed E-state index contributed by atoms with van der Waals surface area (Å²) >= 11 is 0. The Hall–Kier alpha value is -0.200. The molecule has 1 rings (SSSR count). The Bertz CT molecular complexity index is 135. The van der Waals surface area contributed by atoms with E-state index in [-0.39, 0.29) is 12.8 Å². The van der Waals surface area contributed by atoms with Gasteiger partial charge in [0.25, 0.3) is 0 Å². The lowest BCUT2D eigenvalue weighted by atomic mass is 10.1. The molecule has 4 unspecified atom stereocenters. The van der Waals surface area contributed by atoms with Crippen LogP contribution in [0.5, 0.6) is 0 Å². The fourth-order valence-corrected chi connectivity index (χ4v) is 1.39. The summed E-state index contributed by atoms with van der Waals surface area (Å²) in [6.45, 7) is 0. The van der Waals surface area contributed by atoms with Crippen LogP contribution in [0, 0.1) is 0 Å². The van der Waals surface area contributed by atoms with Crippen molar-refractivity contribution in [2.75, 3.05) is 0 Å². The van der Waals surface area contributed by atoms with Gasteiger partial charge in [-0.3, -0.25) is 0 Å². The average Bonchev–Trinajstić information content (AvgIpc) is 2.05. The first-order valence-corrected chi connectivity index (χ1v) is 3.92. The maximum absolute atomic E-state index is 9.14. The fraction of sp³-hybridized carbons (Fsp3) is 1.00. The van der Waals surface area contributed by atoms with Crippen molar-refractivity contribution < 1.29 is 25.5 Å². The topological polar surface area (TPSA) is 101 Å². The van der Waals surface area contributed by atoms with E-state index in [1.807, 2.05) is 0 Å². The smallest absolute Gasteiger partial charge is 0.108 e. The van der Waals surface area contributed by atoms with Gasteiger partial charge in [0.15, 0.2) is 0 Å². The molecule has 0 amide bonds. The van der Waals surface area contributed by atoms with Crippen molar-refractivity contribution in [1.82, 2.24) is 0 Å². The molecule has 1 saturated carbocycles. The minimum atomic E-state index is -1.38. The first-order chi connectivity index (χ1) is 5.52. The Labute approximate surface area is 69.9 Å². The van der Waals surface area contributed by atoms with E-state index >= 15 is 0 Å². The monoisotopic (exact) mass is 178 g/mol. The van der Waals surface area contributed by atoms with Gasteiger partial charge in [-0.1, -0.05) is 0 Å². The molecule has 0 heterocycles. The summed E-state index contributed by atoms with van der Waals surface area (Å²) < 4.78 is 0. The van der Waals surface area contributed by atoms with E-state index in [1.165, 1.54) is 0 Å². The summed E-state index contributed by atoms with van der Waals surface area (Å²) in [5.74, 6) is 0. The van der Waals surface area contributed by atoms with Crippen molar-refractivity contribution >= 4 is 0 Å². The molecule has 0 aromatic heterocycles. The van der Waals surface area contributed by atoms with Gasteiger partial charge in [-0.15, -0.1) is 0 Å². The standard InChI is InChI=1S/C7H14O5/c8-3-1-4(9)6(11)7(12)5(10)2-3/h3-12H,1-2H2. The van der Waals surface area contributed by atoms with Gasteiger partial charge in [0, 0.05) is 12.8 Å². The van der Waals surface area contributed by atoms with E-state index in [2.05, 4.69) is 0 Å². The third kappa shape index (κ3) is 1.94. The van der Waals surface area contributed by atoms with Crippen LogP contribution in [0.1, 0.15) is 12.8 Å². The van der Waals surface area contributed by atoms with Crippen LogP contribution in [-0.4, -0.2) is 56.1 Å². The molecule has 1 fully saturated rings. The average molecular weight is 178 g/mol. The van der Waals surface area contributed by atoms with Crippen molar-refractivity contribution in [1.29, 1.82) is 0 Å². The van der Waals surface area contributed by atoms with E-state index in [0.717, 1.165) is 0 Å². The molecule has 1 aliphatic rings. The second kappa shape index (κ2) is 3.68. The lowest BCUT2D eigenvalue weighted by molar-refractivity contribution is -0.0947. The third-order valence-electron chi connectivity index (χ3n) is 2.17.